The first-order valence-electron chi connectivity index (χ1n) is 10.4. The van der Waals surface area contributed by atoms with Crippen LogP contribution in [0.2, 0.25) is 5.02 Å². The van der Waals surface area contributed by atoms with Crippen molar-refractivity contribution in [2.24, 2.45) is 10.9 Å². The molecule has 3 aliphatic heterocycles. The second-order valence-electron chi connectivity index (χ2n) is 8.07. The predicted octanol–water partition coefficient (Wildman–Crippen LogP) is 1.18. The van der Waals surface area contributed by atoms with Gasteiger partial charge in [0.2, 0.25) is 0 Å². The molecule has 1 aromatic carbocycles. The van der Waals surface area contributed by atoms with Crippen molar-refractivity contribution in [1.29, 1.82) is 0 Å². The first-order chi connectivity index (χ1) is 14.6. The summed E-state index contributed by atoms with van der Waals surface area (Å²) in [6, 6.07) is 6.02. The lowest BCUT2D eigenvalue weighted by Crippen LogP contribution is -2.44. The Morgan fingerprint density at radius 2 is 2.20 bits per heavy atom. The molecular formula is C21H25ClN6OS. The number of hydrogen-bond acceptors (Lipinski definition) is 7. The summed E-state index contributed by atoms with van der Waals surface area (Å²) in [6.45, 7) is 4.18. The van der Waals surface area contributed by atoms with Crippen LogP contribution >= 0.6 is 22.9 Å². The van der Waals surface area contributed by atoms with E-state index in [0.717, 1.165) is 65.4 Å². The molecule has 158 valence electrons. The summed E-state index contributed by atoms with van der Waals surface area (Å²) >= 11 is 7.56. The fraction of sp³-hybridized carbons (Fsp3) is 0.476. The summed E-state index contributed by atoms with van der Waals surface area (Å²) in [5, 5.41) is 8.48. The van der Waals surface area contributed by atoms with E-state index in [1.165, 1.54) is 16.9 Å². The van der Waals surface area contributed by atoms with Crippen LogP contribution in [0.5, 0.6) is 0 Å². The molecule has 0 saturated carbocycles. The van der Waals surface area contributed by atoms with Gasteiger partial charge in [-0.15, -0.1) is 0 Å². The topological polar surface area (TPSA) is 72.9 Å². The van der Waals surface area contributed by atoms with Crippen LogP contribution in [0.4, 0.5) is 5.69 Å². The standard InChI is InChI=1S/C21H25ClN6OS/c1-27-12-25-19-17(21(27)28-9-6-14-10-15(22)2-3-16(14)28)26-20(30-19)18(29)24-11-13-4-7-23-8-5-13/h2-3,10,13,23H,4-9,11-12H2,1H3,(H,24,29). The molecule has 4 heterocycles. The van der Waals surface area contributed by atoms with E-state index < -0.39 is 0 Å². The zero-order valence-electron chi connectivity index (χ0n) is 16.9. The van der Waals surface area contributed by atoms with Gasteiger partial charge in [-0.1, -0.05) is 22.9 Å². The zero-order chi connectivity index (χ0) is 20.7. The molecule has 9 heteroatoms. The Bertz CT molecular complexity index is 1090. The minimum Gasteiger partial charge on any atom is -0.350 e. The lowest BCUT2D eigenvalue weighted by molar-refractivity contribution is 0.0943. The van der Waals surface area contributed by atoms with E-state index in [1.807, 2.05) is 19.2 Å². The van der Waals surface area contributed by atoms with Crippen LogP contribution < -0.4 is 25.6 Å². The van der Waals surface area contributed by atoms with Gasteiger partial charge in [0.15, 0.2) is 5.01 Å². The molecular weight excluding hydrogens is 420 g/mol. The van der Waals surface area contributed by atoms with Crippen LogP contribution in [-0.4, -0.2) is 55.7 Å². The highest BCUT2D eigenvalue weighted by Gasteiger charge is 2.28. The van der Waals surface area contributed by atoms with Gasteiger partial charge in [-0.2, -0.15) is 0 Å². The third kappa shape index (κ3) is 3.68. The van der Waals surface area contributed by atoms with Crippen LogP contribution in [0, 0.1) is 5.92 Å². The molecule has 0 aliphatic carbocycles. The average Bonchev–Trinajstić information content (AvgIpc) is 3.37. The van der Waals surface area contributed by atoms with Crippen molar-refractivity contribution in [3.8, 4) is 0 Å². The van der Waals surface area contributed by atoms with E-state index >= 15 is 0 Å². The van der Waals surface area contributed by atoms with Crippen molar-refractivity contribution >= 4 is 40.4 Å². The molecule has 1 amide bonds. The molecule has 7 nitrogen and oxygen atoms in total. The van der Waals surface area contributed by atoms with Gasteiger partial charge in [0, 0.05) is 30.8 Å². The molecule has 0 spiro atoms. The summed E-state index contributed by atoms with van der Waals surface area (Å²) in [5.74, 6) is 1.45. The maximum Gasteiger partial charge on any atom is 0.280 e. The quantitative estimate of drug-likeness (QED) is 0.740. The van der Waals surface area contributed by atoms with Gasteiger partial charge >= 0.3 is 0 Å². The smallest absolute Gasteiger partial charge is 0.280 e. The molecule has 0 bridgehead atoms. The summed E-state index contributed by atoms with van der Waals surface area (Å²) in [4.78, 5) is 26.5. The number of halogens is 1. The van der Waals surface area contributed by atoms with E-state index in [2.05, 4.69) is 31.5 Å². The number of amides is 1. The number of nitrogens with one attached hydrogen (secondary N) is 2. The summed E-state index contributed by atoms with van der Waals surface area (Å²) in [6.07, 6.45) is 3.14. The number of fused-ring (bicyclic) bond motifs is 2. The Balaban J connectivity index is 1.44. The number of hydrogen-bond donors (Lipinski definition) is 2. The third-order valence-corrected chi connectivity index (χ3v) is 7.23. The first kappa shape index (κ1) is 19.8. The average molecular weight is 445 g/mol. The Kier molecular flexibility index (Phi) is 5.39. The minimum absolute atomic E-state index is 0.0984. The van der Waals surface area contributed by atoms with Crippen LogP contribution in [0.25, 0.3) is 5.82 Å². The molecule has 0 unspecified atom stereocenters. The number of benzene rings is 1. The fourth-order valence-corrected chi connectivity index (χ4v) is 5.44. The molecule has 1 aromatic heterocycles. The highest BCUT2D eigenvalue weighted by atomic mass is 35.5. The molecule has 0 atom stereocenters. The molecule has 2 aromatic rings. The Hall–Kier alpha value is -2.16. The van der Waals surface area contributed by atoms with E-state index in [9.17, 15) is 4.79 Å². The van der Waals surface area contributed by atoms with E-state index in [4.69, 9.17) is 16.6 Å². The van der Waals surface area contributed by atoms with Crippen LogP contribution in [0.15, 0.2) is 23.2 Å². The minimum atomic E-state index is -0.0984. The van der Waals surface area contributed by atoms with Gasteiger partial charge in [0.1, 0.15) is 22.5 Å². The lowest BCUT2D eigenvalue weighted by atomic mass is 9.98. The summed E-state index contributed by atoms with van der Waals surface area (Å²) < 4.78 is 0.831. The summed E-state index contributed by atoms with van der Waals surface area (Å²) in [7, 11) is 2.02. The maximum atomic E-state index is 12.8. The van der Waals surface area contributed by atoms with Gasteiger partial charge in [0.05, 0.1) is 0 Å². The Morgan fingerprint density at radius 3 is 3.03 bits per heavy atom. The number of carbonyl (C=O) groups excluding carboxylic acids is 1. The number of piperidine rings is 1. The van der Waals surface area contributed by atoms with Crippen molar-refractivity contribution in [2.45, 2.75) is 19.3 Å². The van der Waals surface area contributed by atoms with E-state index in [0.29, 0.717) is 24.1 Å². The number of nitrogens with zero attached hydrogens (tertiary/aromatic N) is 4. The van der Waals surface area contributed by atoms with Crippen LogP contribution in [0.1, 0.15) is 28.2 Å². The number of thiazole rings is 1. The maximum absolute atomic E-state index is 12.8. The third-order valence-electron chi connectivity index (χ3n) is 6.01. The number of aromatic nitrogens is 1. The Labute approximate surface area is 184 Å². The highest BCUT2D eigenvalue weighted by molar-refractivity contribution is 7.11. The van der Waals surface area contributed by atoms with Crippen molar-refractivity contribution < 1.29 is 4.79 Å². The monoisotopic (exact) mass is 444 g/mol. The van der Waals surface area contributed by atoms with Gasteiger partial charge in [-0.25, -0.2) is 4.98 Å². The van der Waals surface area contributed by atoms with Gasteiger partial charge in [-0.3, -0.25) is 9.79 Å². The van der Waals surface area contributed by atoms with E-state index in [-0.39, 0.29) is 5.91 Å². The fourth-order valence-electron chi connectivity index (χ4n) is 4.40. The highest BCUT2D eigenvalue weighted by Crippen LogP contribution is 2.34. The zero-order valence-corrected chi connectivity index (χ0v) is 18.5. The van der Waals surface area contributed by atoms with Gasteiger partial charge in [0.25, 0.3) is 5.91 Å². The van der Waals surface area contributed by atoms with Crippen LogP contribution in [-0.2, 0) is 6.42 Å². The molecule has 3 aliphatic rings. The largest absolute Gasteiger partial charge is 0.350 e. The van der Waals surface area contributed by atoms with Crippen molar-refractivity contribution in [3.05, 3.63) is 43.8 Å². The molecule has 0 radical (unpaired) electrons. The van der Waals surface area contributed by atoms with Gasteiger partial charge in [-0.05, 0) is 62.0 Å². The molecule has 30 heavy (non-hydrogen) atoms. The second kappa shape index (κ2) is 8.17. The normalized spacial score (nSPS) is 18.8. The molecule has 5 rings (SSSR count). The number of rotatable bonds is 4. The Morgan fingerprint density at radius 1 is 1.37 bits per heavy atom. The van der Waals surface area contributed by atoms with E-state index in [1.54, 1.807) is 0 Å². The van der Waals surface area contributed by atoms with Gasteiger partial charge < -0.3 is 20.4 Å². The van der Waals surface area contributed by atoms with Crippen molar-refractivity contribution in [1.82, 2.24) is 20.5 Å². The van der Waals surface area contributed by atoms with Crippen LogP contribution in [0.3, 0.4) is 0 Å². The SMILES string of the molecule is CN1CN=c2sc(C(=O)NCC3CCNCC3)nc2=C1N1CCc2cc(Cl)ccc21. The molecule has 1 saturated heterocycles. The lowest BCUT2D eigenvalue weighted by Gasteiger charge is -2.30. The summed E-state index contributed by atoms with van der Waals surface area (Å²) in [5.41, 5.74) is 2.39. The number of anilines is 1. The van der Waals surface area contributed by atoms with Crippen molar-refractivity contribution in [3.63, 3.8) is 0 Å². The first-order valence-corrected chi connectivity index (χ1v) is 11.6. The molecule has 2 N–H and O–H groups in total. The van der Waals surface area contributed by atoms with Crippen molar-refractivity contribution in [2.75, 3.05) is 44.8 Å². The molecule has 1 fully saturated rings. The second-order valence-corrected chi connectivity index (χ2v) is 9.49. The number of carbonyl (C=O) groups is 1. The predicted molar refractivity (Wildman–Crippen MR) is 119 cm³/mol.